The fraction of sp³-hybridized carbons (Fsp3) is 0.133. The van der Waals surface area contributed by atoms with Gasteiger partial charge in [-0.25, -0.2) is 0 Å². The van der Waals surface area contributed by atoms with E-state index in [0.717, 1.165) is 16.9 Å². The van der Waals surface area contributed by atoms with Crippen molar-refractivity contribution in [1.29, 1.82) is 0 Å². The van der Waals surface area contributed by atoms with E-state index in [-0.39, 0.29) is 11.7 Å². The van der Waals surface area contributed by atoms with E-state index in [4.69, 9.17) is 0 Å². The summed E-state index contributed by atoms with van der Waals surface area (Å²) in [6.45, 7) is 2.17. The number of hydrogen-bond acceptors (Lipinski definition) is 3. The van der Waals surface area contributed by atoms with Crippen molar-refractivity contribution in [3.63, 3.8) is 0 Å². The van der Waals surface area contributed by atoms with Gasteiger partial charge in [0.2, 0.25) is 5.91 Å². The maximum Gasteiger partial charge on any atom is 0.221 e. The molecule has 0 atom stereocenters. The third kappa shape index (κ3) is 4.03. The smallest absolute Gasteiger partial charge is 0.221 e. The highest BCUT2D eigenvalue weighted by atomic mass is 16.3. The second kappa shape index (κ2) is 5.91. The second-order valence-electron chi connectivity index (χ2n) is 4.28. The molecule has 0 aliphatic heterocycles. The summed E-state index contributed by atoms with van der Waals surface area (Å²) >= 11 is 0. The minimum Gasteiger partial charge on any atom is -0.508 e. The average Bonchev–Trinajstić information content (AvgIpc) is 2.39. The fourth-order valence-electron chi connectivity index (χ4n) is 1.69. The van der Waals surface area contributed by atoms with Gasteiger partial charge in [-0.1, -0.05) is 12.1 Å². The number of phenols is 1. The maximum absolute atomic E-state index is 10.9. The van der Waals surface area contributed by atoms with Gasteiger partial charge in [0, 0.05) is 24.8 Å². The van der Waals surface area contributed by atoms with Gasteiger partial charge in [0.05, 0.1) is 0 Å². The number of nitrogens with one attached hydrogen (secondary N) is 2. The lowest BCUT2D eigenvalue weighted by Gasteiger charge is -2.08. The zero-order valence-corrected chi connectivity index (χ0v) is 10.7. The minimum atomic E-state index is -0.0741. The molecule has 0 unspecified atom stereocenters. The van der Waals surface area contributed by atoms with Crippen LogP contribution in [0.3, 0.4) is 0 Å². The van der Waals surface area contributed by atoms with Crippen LogP contribution < -0.4 is 10.6 Å². The number of aromatic hydroxyl groups is 1. The van der Waals surface area contributed by atoms with Crippen molar-refractivity contribution in [2.24, 2.45) is 0 Å². The Balaban J connectivity index is 1.92. The Kier molecular flexibility index (Phi) is 4.03. The number of carbonyl (C=O) groups is 1. The fourth-order valence-corrected chi connectivity index (χ4v) is 1.69. The van der Waals surface area contributed by atoms with Crippen LogP contribution in [0, 0.1) is 0 Å². The molecular weight excluding hydrogens is 240 g/mol. The van der Waals surface area contributed by atoms with Crippen molar-refractivity contribution in [2.75, 3.05) is 10.6 Å². The summed E-state index contributed by atoms with van der Waals surface area (Å²) < 4.78 is 0. The average molecular weight is 256 g/mol. The van der Waals surface area contributed by atoms with Crippen LogP contribution in [0.1, 0.15) is 12.5 Å². The molecule has 0 radical (unpaired) electrons. The Bertz CT molecular complexity index is 547. The summed E-state index contributed by atoms with van der Waals surface area (Å²) in [5.41, 5.74) is 2.85. The van der Waals surface area contributed by atoms with Gasteiger partial charge in [-0.3, -0.25) is 4.79 Å². The SMILES string of the molecule is CC(=O)Nc1ccc(CNc2ccc(O)cc2)cc1. The van der Waals surface area contributed by atoms with Crippen LogP contribution in [0.2, 0.25) is 0 Å². The Morgan fingerprint density at radius 3 is 2.16 bits per heavy atom. The van der Waals surface area contributed by atoms with Crippen molar-refractivity contribution in [2.45, 2.75) is 13.5 Å². The largest absolute Gasteiger partial charge is 0.508 e. The van der Waals surface area contributed by atoms with Gasteiger partial charge in [0.1, 0.15) is 5.75 Å². The molecule has 4 nitrogen and oxygen atoms in total. The molecule has 98 valence electrons. The molecule has 0 saturated heterocycles. The predicted molar refractivity (Wildman–Crippen MR) is 76.2 cm³/mol. The summed E-state index contributed by atoms with van der Waals surface area (Å²) in [5.74, 6) is 0.181. The molecule has 0 fully saturated rings. The monoisotopic (exact) mass is 256 g/mol. The summed E-state index contributed by atoms with van der Waals surface area (Å²) in [6, 6.07) is 14.6. The molecule has 19 heavy (non-hydrogen) atoms. The lowest BCUT2D eigenvalue weighted by atomic mass is 10.2. The van der Waals surface area contributed by atoms with E-state index < -0.39 is 0 Å². The molecule has 0 saturated carbocycles. The van der Waals surface area contributed by atoms with Gasteiger partial charge >= 0.3 is 0 Å². The lowest BCUT2D eigenvalue weighted by Crippen LogP contribution is -2.06. The molecule has 0 aliphatic carbocycles. The van der Waals surface area contributed by atoms with Gasteiger partial charge in [-0.15, -0.1) is 0 Å². The lowest BCUT2D eigenvalue weighted by molar-refractivity contribution is -0.114. The van der Waals surface area contributed by atoms with Crippen molar-refractivity contribution in [3.05, 3.63) is 54.1 Å². The van der Waals surface area contributed by atoms with Gasteiger partial charge in [0.25, 0.3) is 0 Å². The van der Waals surface area contributed by atoms with E-state index in [0.29, 0.717) is 6.54 Å². The molecule has 2 rings (SSSR count). The zero-order valence-electron chi connectivity index (χ0n) is 10.7. The Hall–Kier alpha value is -2.49. The van der Waals surface area contributed by atoms with E-state index in [1.54, 1.807) is 12.1 Å². The number of benzene rings is 2. The molecule has 1 amide bonds. The molecule has 0 heterocycles. The predicted octanol–water partition coefficient (Wildman–Crippen LogP) is 2.96. The molecule has 0 aliphatic rings. The zero-order chi connectivity index (χ0) is 13.7. The van der Waals surface area contributed by atoms with Gasteiger partial charge in [-0.2, -0.15) is 0 Å². The first-order chi connectivity index (χ1) is 9.13. The third-order valence-corrected chi connectivity index (χ3v) is 2.64. The van der Waals surface area contributed by atoms with Crippen LogP contribution in [-0.4, -0.2) is 11.0 Å². The van der Waals surface area contributed by atoms with Crippen molar-refractivity contribution >= 4 is 17.3 Å². The van der Waals surface area contributed by atoms with Gasteiger partial charge in [-0.05, 0) is 42.0 Å². The normalized spacial score (nSPS) is 9.95. The van der Waals surface area contributed by atoms with E-state index in [9.17, 15) is 9.90 Å². The molecule has 3 N–H and O–H groups in total. The van der Waals surface area contributed by atoms with E-state index in [1.165, 1.54) is 6.92 Å². The number of hydrogen-bond donors (Lipinski definition) is 3. The number of rotatable bonds is 4. The van der Waals surface area contributed by atoms with Crippen LogP contribution in [-0.2, 0) is 11.3 Å². The topological polar surface area (TPSA) is 61.4 Å². The Morgan fingerprint density at radius 2 is 1.58 bits per heavy atom. The summed E-state index contributed by atoms with van der Waals surface area (Å²) in [5, 5.41) is 15.2. The maximum atomic E-state index is 10.9. The summed E-state index contributed by atoms with van der Waals surface area (Å²) in [6.07, 6.45) is 0. The van der Waals surface area contributed by atoms with Crippen molar-refractivity contribution in [1.82, 2.24) is 0 Å². The molecule has 2 aromatic carbocycles. The van der Waals surface area contributed by atoms with Gasteiger partial charge in [0.15, 0.2) is 0 Å². The molecule has 0 aromatic heterocycles. The van der Waals surface area contributed by atoms with Crippen molar-refractivity contribution in [3.8, 4) is 5.75 Å². The van der Waals surface area contributed by atoms with Crippen LogP contribution in [0.5, 0.6) is 5.75 Å². The Morgan fingerprint density at radius 1 is 1.00 bits per heavy atom. The number of anilines is 2. The highest BCUT2D eigenvalue weighted by molar-refractivity contribution is 5.88. The number of carbonyl (C=O) groups excluding carboxylic acids is 1. The standard InChI is InChI=1S/C15H16N2O2/c1-11(18)17-14-4-2-12(3-5-14)10-16-13-6-8-15(19)9-7-13/h2-9,16,19H,10H2,1H3,(H,17,18). The molecule has 4 heteroatoms. The second-order valence-corrected chi connectivity index (χ2v) is 4.28. The van der Waals surface area contributed by atoms with Crippen LogP contribution >= 0.6 is 0 Å². The first-order valence-electron chi connectivity index (χ1n) is 6.03. The molecule has 0 spiro atoms. The highest BCUT2D eigenvalue weighted by Crippen LogP contribution is 2.15. The number of amides is 1. The van der Waals surface area contributed by atoms with Gasteiger partial charge < -0.3 is 15.7 Å². The third-order valence-electron chi connectivity index (χ3n) is 2.64. The number of phenolic OH excluding ortho intramolecular Hbond substituents is 1. The molecule has 2 aromatic rings. The molecular formula is C15H16N2O2. The summed E-state index contributed by atoms with van der Waals surface area (Å²) in [4.78, 5) is 10.9. The van der Waals surface area contributed by atoms with Crippen molar-refractivity contribution < 1.29 is 9.90 Å². The quantitative estimate of drug-likeness (QED) is 0.737. The van der Waals surface area contributed by atoms with E-state index in [2.05, 4.69) is 10.6 Å². The highest BCUT2D eigenvalue weighted by Gasteiger charge is 1.97. The first-order valence-corrected chi connectivity index (χ1v) is 6.03. The van der Waals surface area contributed by atoms with Crippen LogP contribution in [0.25, 0.3) is 0 Å². The summed E-state index contributed by atoms with van der Waals surface area (Å²) in [7, 11) is 0. The van der Waals surface area contributed by atoms with E-state index >= 15 is 0 Å². The minimum absolute atomic E-state index is 0.0741. The first kappa shape index (κ1) is 13.0. The van der Waals surface area contributed by atoms with Crippen LogP contribution in [0.15, 0.2) is 48.5 Å². The van der Waals surface area contributed by atoms with Crippen LogP contribution in [0.4, 0.5) is 11.4 Å². The molecule has 0 bridgehead atoms. The Labute approximate surface area is 112 Å². The van der Waals surface area contributed by atoms with E-state index in [1.807, 2.05) is 36.4 Å².